The van der Waals surface area contributed by atoms with E-state index in [4.69, 9.17) is 4.74 Å². The Balaban J connectivity index is 1.50. The van der Waals surface area contributed by atoms with Crippen LogP contribution in [0.4, 0.5) is 0 Å². The zero-order valence-corrected chi connectivity index (χ0v) is 14.9. The van der Waals surface area contributed by atoms with Crippen LogP contribution in [0.15, 0.2) is 35.7 Å². The number of benzene rings is 1. The number of nitrogens with zero attached hydrogens (tertiary/aromatic N) is 2. The number of hydrogen-bond acceptors (Lipinski definition) is 5. The van der Waals surface area contributed by atoms with Gasteiger partial charge in [0.2, 0.25) is 11.8 Å². The Morgan fingerprint density at radius 2 is 2.16 bits per heavy atom. The summed E-state index contributed by atoms with van der Waals surface area (Å²) < 4.78 is 4.86. The largest absolute Gasteiger partial charge is 0.375 e. The van der Waals surface area contributed by atoms with Gasteiger partial charge >= 0.3 is 0 Å². The van der Waals surface area contributed by atoms with E-state index in [1.807, 2.05) is 35.7 Å². The molecule has 1 atom stereocenters. The normalized spacial score (nSPS) is 16.8. The quantitative estimate of drug-likeness (QED) is 0.855. The third-order valence-electron chi connectivity index (χ3n) is 4.21. The Bertz CT molecular complexity index is 732. The van der Waals surface area contributed by atoms with Crippen LogP contribution in [-0.4, -0.2) is 48.5 Å². The van der Waals surface area contributed by atoms with Gasteiger partial charge in [-0.15, -0.1) is 11.3 Å². The van der Waals surface area contributed by atoms with Crippen LogP contribution in [0.2, 0.25) is 0 Å². The van der Waals surface area contributed by atoms with Crippen molar-refractivity contribution in [1.82, 2.24) is 15.2 Å². The lowest BCUT2D eigenvalue weighted by Gasteiger charge is -2.15. The topological polar surface area (TPSA) is 71.5 Å². The maximum absolute atomic E-state index is 12.3. The Morgan fingerprint density at radius 3 is 2.92 bits per heavy atom. The van der Waals surface area contributed by atoms with Crippen LogP contribution < -0.4 is 5.32 Å². The van der Waals surface area contributed by atoms with E-state index >= 15 is 0 Å². The molecule has 1 fully saturated rings. The highest BCUT2D eigenvalue weighted by Crippen LogP contribution is 2.22. The van der Waals surface area contributed by atoms with Crippen molar-refractivity contribution >= 4 is 23.2 Å². The highest BCUT2D eigenvalue weighted by atomic mass is 32.1. The fourth-order valence-corrected chi connectivity index (χ4v) is 3.60. The van der Waals surface area contributed by atoms with E-state index in [9.17, 15) is 9.59 Å². The van der Waals surface area contributed by atoms with Crippen molar-refractivity contribution in [2.24, 2.45) is 5.92 Å². The fraction of sp³-hybridized carbons (Fsp3) is 0.389. The Labute approximate surface area is 150 Å². The van der Waals surface area contributed by atoms with Crippen molar-refractivity contribution in [2.45, 2.75) is 13.0 Å². The summed E-state index contributed by atoms with van der Waals surface area (Å²) in [5.41, 5.74) is 1.99. The average Bonchev–Trinajstić information content (AvgIpc) is 3.30. The molecule has 0 bridgehead atoms. The van der Waals surface area contributed by atoms with Crippen LogP contribution in [0.25, 0.3) is 11.3 Å². The molecule has 1 saturated heterocycles. The molecular weight excluding hydrogens is 338 g/mol. The molecule has 1 aromatic carbocycles. The number of rotatable bonds is 6. The first kappa shape index (κ1) is 17.6. The molecule has 1 aromatic heterocycles. The first-order valence-electron chi connectivity index (χ1n) is 8.21. The monoisotopic (exact) mass is 359 g/mol. The summed E-state index contributed by atoms with van der Waals surface area (Å²) in [6.45, 7) is 1.55. The van der Waals surface area contributed by atoms with Gasteiger partial charge in [0.05, 0.1) is 18.2 Å². The summed E-state index contributed by atoms with van der Waals surface area (Å²) in [5, 5.41) is 5.81. The number of amides is 2. The average molecular weight is 359 g/mol. The lowest BCUT2D eigenvalue weighted by Crippen LogP contribution is -2.35. The molecule has 25 heavy (non-hydrogen) atoms. The lowest BCUT2D eigenvalue weighted by molar-refractivity contribution is -0.134. The summed E-state index contributed by atoms with van der Waals surface area (Å²) in [5.74, 6) is -0.247. The minimum atomic E-state index is -0.158. The molecule has 2 amide bonds. The molecule has 3 rings (SSSR count). The Kier molecular flexibility index (Phi) is 5.78. The van der Waals surface area contributed by atoms with Crippen LogP contribution in [0.5, 0.6) is 0 Å². The molecule has 0 saturated carbocycles. The number of methoxy groups -OCH3 is 1. The third kappa shape index (κ3) is 4.43. The second kappa shape index (κ2) is 8.22. The lowest BCUT2D eigenvalue weighted by atomic mass is 10.1. The molecule has 0 aliphatic carbocycles. The Hall–Kier alpha value is -2.25. The second-order valence-corrected chi connectivity index (χ2v) is 6.91. The third-order valence-corrected chi connectivity index (χ3v) is 5.06. The van der Waals surface area contributed by atoms with Gasteiger partial charge in [-0.1, -0.05) is 30.3 Å². The molecule has 0 unspecified atom stereocenters. The number of thiazole rings is 1. The predicted octanol–water partition coefficient (Wildman–Crippen LogP) is 1.92. The molecule has 2 heterocycles. The van der Waals surface area contributed by atoms with E-state index in [-0.39, 0.29) is 24.3 Å². The van der Waals surface area contributed by atoms with Crippen LogP contribution in [-0.2, 0) is 20.9 Å². The van der Waals surface area contributed by atoms with Gasteiger partial charge in [0.1, 0.15) is 11.6 Å². The summed E-state index contributed by atoms with van der Waals surface area (Å²) in [6.07, 6.45) is 0.689. The molecule has 2 aromatic rings. The summed E-state index contributed by atoms with van der Waals surface area (Å²) in [7, 11) is 1.50. The Morgan fingerprint density at radius 1 is 1.36 bits per heavy atom. The zero-order valence-electron chi connectivity index (χ0n) is 14.1. The van der Waals surface area contributed by atoms with Crippen LogP contribution in [0, 0.1) is 5.92 Å². The van der Waals surface area contributed by atoms with E-state index in [2.05, 4.69) is 10.3 Å². The molecular formula is C18H21N3O3S. The highest BCUT2D eigenvalue weighted by Gasteiger charge is 2.30. The highest BCUT2D eigenvalue weighted by molar-refractivity contribution is 7.09. The molecule has 1 aliphatic rings. The SMILES string of the molecule is COCC(=O)N1CC[C@H](C(=O)NCc2nc(-c3ccccc3)cs2)C1. The smallest absolute Gasteiger partial charge is 0.248 e. The molecule has 6 nitrogen and oxygen atoms in total. The maximum atomic E-state index is 12.3. The molecule has 1 aliphatic heterocycles. The number of ether oxygens (including phenoxy) is 1. The van der Waals surface area contributed by atoms with Gasteiger partial charge < -0.3 is 15.0 Å². The molecule has 0 radical (unpaired) electrons. The van der Waals surface area contributed by atoms with Crippen molar-refractivity contribution in [1.29, 1.82) is 0 Å². The minimum Gasteiger partial charge on any atom is -0.375 e. The van der Waals surface area contributed by atoms with Gasteiger partial charge in [0, 0.05) is 31.1 Å². The number of carbonyl (C=O) groups is 2. The van der Waals surface area contributed by atoms with Gasteiger partial charge in [0.15, 0.2) is 0 Å². The van der Waals surface area contributed by atoms with Gasteiger partial charge in [-0.05, 0) is 6.42 Å². The number of likely N-dealkylation sites (tertiary alicyclic amines) is 1. The number of nitrogens with one attached hydrogen (secondary N) is 1. The van der Waals surface area contributed by atoms with Crippen molar-refractivity contribution < 1.29 is 14.3 Å². The second-order valence-electron chi connectivity index (χ2n) is 5.97. The summed E-state index contributed by atoms with van der Waals surface area (Å²) in [6, 6.07) is 9.96. The number of carbonyl (C=O) groups excluding carboxylic acids is 2. The van der Waals surface area contributed by atoms with Crippen molar-refractivity contribution in [3.05, 3.63) is 40.7 Å². The number of aromatic nitrogens is 1. The molecule has 0 spiro atoms. The minimum absolute atomic E-state index is 0.0239. The van der Waals surface area contributed by atoms with Gasteiger partial charge in [0.25, 0.3) is 0 Å². The van der Waals surface area contributed by atoms with E-state index in [1.54, 1.807) is 4.90 Å². The van der Waals surface area contributed by atoms with Gasteiger partial charge in [-0.3, -0.25) is 9.59 Å². The fourth-order valence-electron chi connectivity index (χ4n) is 2.86. The number of hydrogen-bond donors (Lipinski definition) is 1. The van der Waals surface area contributed by atoms with Gasteiger partial charge in [-0.25, -0.2) is 4.98 Å². The first-order valence-corrected chi connectivity index (χ1v) is 9.09. The molecule has 7 heteroatoms. The van der Waals surface area contributed by atoms with Gasteiger partial charge in [-0.2, -0.15) is 0 Å². The maximum Gasteiger partial charge on any atom is 0.248 e. The van der Waals surface area contributed by atoms with Crippen LogP contribution in [0.3, 0.4) is 0 Å². The van der Waals surface area contributed by atoms with Crippen LogP contribution >= 0.6 is 11.3 Å². The van der Waals surface area contributed by atoms with E-state index in [0.717, 1.165) is 16.3 Å². The first-order chi connectivity index (χ1) is 12.2. The standard InChI is InChI=1S/C18H21N3O3S/c1-24-11-17(22)21-8-7-14(10-21)18(23)19-9-16-20-15(12-25-16)13-5-3-2-4-6-13/h2-6,12,14H,7-11H2,1H3,(H,19,23)/t14-/m0/s1. The molecule has 1 N–H and O–H groups in total. The molecule has 132 valence electrons. The van der Waals surface area contributed by atoms with E-state index < -0.39 is 0 Å². The zero-order chi connectivity index (χ0) is 17.6. The van der Waals surface area contributed by atoms with Crippen molar-refractivity contribution in [3.63, 3.8) is 0 Å². The predicted molar refractivity (Wildman–Crippen MR) is 96.0 cm³/mol. The summed E-state index contributed by atoms with van der Waals surface area (Å²) in [4.78, 5) is 30.4. The van der Waals surface area contributed by atoms with Crippen molar-refractivity contribution in [2.75, 3.05) is 26.8 Å². The van der Waals surface area contributed by atoms with E-state index in [1.165, 1.54) is 18.4 Å². The van der Waals surface area contributed by atoms with E-state index in [0.29, 0.717) is 26.1 Å². The summed E-state index contributed by atoms with van der Waals surface area (Å²) >= 11 is 1.53. The van der Waals surface area contributed by atoms with Crippen molar-refractivity contribution in [3.8, 4) is 11.3 Å². The van der Waals surface area contributed by atoms with Crippen LogP contribution in [0.1, 0.15) is 11.4 Å².